The monoisotopic (exact) mass is 433 g/mol. The molecule has 158 valence electrons. The maximum Gasteiger partial charge on any atom is 0.263 e. The van der Waals surface area contributed by atoms with Crippen molar-refractivity contribution in [1.82, 2.24) is 25.4 Å². The second-order valence-corrected chi connectivity index (χ2v) is 8.48. The van der Waals surface area contributed by atoms with Crippen LogP contribution in [0.3, 0.4) is 0 Å². The highest BCUT2D eigenvalue weighted by atomic mass is 32.1. The molecule has 3 aromatic heterocycles. The molecule has 8 heteroatoms. The minimum Gasteiger partial charge on any atom is -0.356 e. The summed E-state index contributed by atoms with van der Waals surface area (Å²) in [4.78, 5) is 26.4. The maximum atomic E-state index is 12.3. The van der Waals surface area contributed by atoms with E-state index in [0.29, 0.717) is 17.2 Å². The van der Waals surface area contributed by atoms with Crippen molar-refractivity contribution in [3.05, 3.63) is 69.7 Å². The van der Waals surface area contributed by atoms with Gasteiger partial charge in [0.25, 0.3) is 5.91 Å². The summed E-state index contributed by atoms with van der Waals surface area (Å²) in [5, 5.41) is 6.94. The van der Waals surface area contributed by atoms with E-state index in [1.165, 1.54) is 11.3 Å². The third-order valence-corrected chi connectivity index (χ3v) is 5.78. The van der Waals surface area contributed by atoms with Crippen molar-refractivity contribution in [3.8, 4) is 22.6 Å². The molecule has 0 fully saturated rings. The summed E-state index contributed by atoms with van der Waals surface area (Å²) in [5.74, 6) is 1.50. The number of amides is 1. The molecule has 0 saturated carbocycles. The lowest BCUT2D eigenvalue weighted by atomic mass is 10.0. The first-order chi connectivity index (χ1) is 14.9. The molecule has 1 aromatic carbocycles. The van der Waals surface area contributed by atoms with E-state index in [2.05, 4.69) is 34.3 Å². The number of carbonyl (C=O) groups excluding carboxylic acids is 1. The highest BCUT2D eigenvalue weighted by molar-refractivity contribution is 7.11. The number of carbonyl (C=O) groups is 1. The molecule has 4 aromatic rings. The van der Waals surface area contributed by atoms with Crippen LogP contribution in [0.25, 0.3) is 22.6 Å². The van der Waals surface area contributed by atoms with Gasteiger partial charge in [-0.3, -0.25) is 4.79 Å². The highest BCUT2D eigenvalue weighted by Crippen LogP contribution is 2.31. The number of nitrogens with zero attached hydrogens (tertiary/aromatic N) is 4. The minimum absolute atomic E-state index is 0.107. The number of aryl methyl sites for hydroxylation is 2. The van der Waals surface area contributed by atoms with Crippen molar-refractivity contribution in [1.29, 1.82) is 0 Å². The van der Waals surface area contributed by atoms with Crippen molar-refractivity contribution >= 4 is 17.2 Å². The van der Waals surface area contributed by atoms with E-state index in [1.54, 1.807) is 11.7 Å². The van der Waals surface area contributed by atoms with Crippen molar-refractivity contribution in [2.75, 3.05) is 0 Å². The Morgan fingerprint density at radius 3 is 2.55 bits per heavy atom. The average Bonchev–Trinajstić information content (AvgIpc) is 3.40. The lowest BCUT2D eigenvalue weighted by molar-refractivity contribution is 0.0954. The van der Waals surface area contributed by atoms with E-state index in [9.17, 15) is 4.79 Å². The summed E-state index contributed by atoms with van der Waals surface area (Å²) in [5.41, 5.74) is 6.77. The van der Waals surface area contributed by atoms with Gasteiger partial charge in [-0.15, -0.1) is 11.3 Å². The number of nitrogens with one attached hydrogen (secondary N) is 1. The van der Waals surface area contributed by atoms with Crippen molar-refractivity contribution in [2.24, 2.45) is 0 Å². The third-order valence-electron chi connectivity index (χ3n) is 4.85. The number of hydrogen-bond donors (Lipinski definition) is 1. The Balaban J connectivity index is 1.58. The van der Waals surface area contributed by atoms with Crippen LogP contribution >= 0.6 is 11.3 Å². The molecule has 0 aliphatic rings. The molecule has 0 unspecified atom stereocenters. The van der Waals surface area contributed by atoms with Crippen molar-refractivity contribution in [2.45, 2.75) is 40.2 Å². The summed E-state index contributed by atoms with van der Waals surface area (Å²) >= 11 is 1.35. The molecule has 0 radical (unpaired) electrons. The van der Waals surface area contributed by atoms with Crippen LogP contribution in [0, 0.1) is 13.8 Å². The second-order valence-electron chi connectivity index (χ2n) is 7.62. The fourth-order valence-electron chi connectivity index (χ4n) is 3.13. The molecule has 0 aliphatic carbocycles. The molecule has 3 heterocycles. The summed E-state index contributed by atoms with van der Waals surface area (Å²) in [7, 11) is 0. The predicted molar refractivity (Wildman–Crippen MR) is 120 cm³/mol. The van der Waals surface area contributed by atoms with Gasteiger partial charge in [0, 0.05) is 30.3 Å². The van der Waals surface area contributed by atoms with Gasteiger partial charge < -0.3 is 9.84 Å². The zero-order chi connectivity index (χ0) is 22.0. The van der Waals surface area contributed by atoms with Crippen LogP contribution in [0.15, 0.2) is 46.6 Å². The SMILES string of the molecule is Cc1cc(-c2cnc(C(C)C)nc2-c2ccc(CNC(=O)c3scnc3C)cc2)on1. The Morgan fingerprint density at radius 1 is 1.16 bits per heavy atom. The third kappa shape index (κ3) is 4.54. The molecule has 1 N–H and O–H groups in total. The average molecular weight is 434 g/mol. The molecule has 31 heavy (non-hydrogen) atoms. The van der Waals surface area contributed by atoms with Crippen LogP contribution < -0.4 is 5.32 Å². The summed E-state index contributed by atoms with van der Waals surface area (Å²) in [6.45, 7) is 8.28. The molecular weight excluding hydrogens is 410 g/mol. The molecule has 0 aliphatic heterocycles. The standard InChI is InChI=1S/C23H23N5O2S/c1-13(2)22-24-11-18(19-9-14(3)28-30-19)20(27-22)17-7-5-16(6-8-17)10-25-23(29)21-15(4)26-12-31-21/h5-9,11-13H,10H2,1-4H3,(H,25,29). The fraction of sp³-hybridized carbons (Fsp3) is 0.261. The number of aromatic nitrogens is 4. The Labute approximate surface area is 184 Å². The van der Waals surface area contributed by atoms with Crippen molar-refractivity contribution in [3.63, 3.8) is 0 Å². The van der Waals surface area contributed by atoms with Gasteiger partial charge in [0.15, 0.2) is 5.76 Å². The van der Waals surface area contributed by atoms with Crippen LogP contribution in [0.5, 0.6) is 0 Å². The molecule has 0 saturated heterocycles. The molecule has 0 bridgehead atoms. The Hall–Kier alpha value is -3.39. The van der Waals surface area contributed by atoms with Gasteiger partial charge in [-0.2, -0.15) is 0 Å². The normalized spacial score (nSPS) is 11.1. The summed E-state index contributed by atoms with van der Waals surface area (Å²) in [6, 6.07) is 9.85. The van der Waals surface area contributed by atoms with Gasteiger partial charge in [-0.25, -0.2) is 15.0 Å². The van der Waals surface area contributed by atoms with Gasteiger partial charge in [-0.1, -0.05) is 43.3 Å². The molecule has 4 rings (SSSR count). The van der Waals surface area contributed by atoms with Crippen LogP contribution in [-0.2, 0) is 6.54 Å². The van der Waals surface area contributed by atoms with Crippen LogP contribution in [0.4, 0.5) is 0 Å². The topological polar surface area (TPSA) is 93.8 Å². The zero-order valence-corrected chi connectivity index (χ0v) is 18.7. The van der Waals surface area contributed by atoms with Crippen molar-refractivity contribution < 1.29 is 9.32 Å². The van der Waals surface area contributed by atoms with Crippen LogP contribution in [0.1, 0.15) is 52.2 Å². The second kappa shape index (κ2) is 8.77. The Kier molecular flexibility index (Phi) is 5.90. The quantitative estimate of drug-likeness (QED) is 0.464. The van der Waals surface area contributed by atoms with E-state index < -0.39 is 0 Å². The number of benzene rings is 1. The Bertz CT molecular complexity index is 1210. The predicted octanol–water partition coefficient (Wildman–Crippen LogP) is 4.93. The molecule has 1 amide bonds. The van der Waals surface area contributed by atoms with E-state index >= 15 is 0 Å². The van der Waals surface area contributed by atoms with E-state index in [0.717, 1.165) is 39.6 Å². The van der Waals surface area contributed by atoms with Crippen LogP contribution in [0.2, 0.25) is 0 Å². The lowest BCUT2D eigenvalue weighted by Crippen LogP contribution is -2.22. The van der Waals surface area contributed by atoms with E-state index in [-0.39, 0.29) is 11.8 Å². The van der Waals surface area contributed by atoms with Gasteiger partial charge in [0.2, 0.25) is 0 Å². The summed E-state index contributed by atoms with van der Waals surface area (Å²) < 4.78 is 5.46. The smallest absolute Gasteiger partial charge is 0.263 e. The number of rotatable bonds is 6. The largest absolute Gasteiger partial charge is 0.356 e. The fourth-order valence-corrected chi connectivity index (χ4v) is 3.85. The van der Waals surface area contributed by atoms with Gasteiger partial charge >= 0.3 is 0 Å². The van der Waals surface area contributed by atoms with Crippen LogP contribution in [-0.4, -0.2) is 26.0 Å². The molecular formula is C23H23N5O2S. The minimum atomic E-state index is -0.107. The first-order valence-electron chi connectivity index (χ1n) is 10.0. The maximum absolute atomic E-state index is 12.3. The first kappa shape index (κ1) is 20.9. The number of thiazole rings is 1. The van der Waals surface area contributed by atoms with Gasteiger partial charge in [0.05, 0.1) is 28.2 Å². The lowest BCUT2D eigenvalue weighted by Gasteiger charge is -2.11. The van der Waals surface area contributed by atoms with Gasteiger partial charge in [0.1, 0.15) is 10.7 Å². The first-order valence-corrected chi connectivity index (χ1v) is 10.9. The van der Waals surface area contributed by atoms with E-state index in [4.69, 9.17) is 9.51 Å². The number of hydrogen-bond acceptors (Lipinski definition) is 7. The zero-order valence-electron chi connectivity index (χ0n) is 17.8. The summed E-state index contributed by atoms with van der Waals surface area (Å²) in [6.07, 6.45) is 1.79. The Morgan fingerprint density at radius 2 is 1.94 bits per heavy atom. The molecule has 0 spiro atoms. The van der Waals surface area contributed by atoms with E-state index in [1.807, 2.05) is 44.2 Å². The highest BCUT2D eigenvalue weighted by Gasteiger charge is 2.17. The van der Waals surface area contributed by atoms with Gasteiger partial charge in [-0.05, 0) is 19.4 Å². The molecule has 7 nitrogen and oxygen atoms in total. The molecule has 0 atom stereocenters.